The smallest absolute Gasteiger partial charge is 0.222 e. The normalized spacial score (nSPS) is 19.6. The van der Waals surface area contributed by atoms with Crippen LogP contribution in [0.5, 0.6) is 0 Å². The molecule has 2 rings (SSSR count). The topological polar surface area (TPSA) is 58.1 Å². The summed E-state index contributed by atoms with van der Waals surface area (Å²) in [4.78, 5) is 22.2. The van der Waals surface area contributed by atoms with E-state index in [2.05, 4.69) is 27.2 Å². The lowest BCUT2D eigenvalue weighted by Gasteiger charge is -2.19. The lowest BCUT2D eigenvalue weighted by molar-refractivity contribution is 0.101. The molecule has 1 aliphatic rings. The highest BCUT2D eigenvalue weighted by Gasteiger charge is 2.20. The predicted molar refractivity (Wildman–Crippen MR) is 75.5 cm³/mol. The van der Waals surface area contributed by atoms with E-state index in [1.807, 2.05) is 6.92 Å². The SMILES string of the molecule is CC(=O)c1cnc(NCCC2CCCN2C)nc1C. The van der Waals surface area contributed by atoms with Crippen molar-refractivity contribution in [2.45, 2.75) is 39.2 Å². The van der Waals surface area contributed by atoms with Crippen molar-refractivity contribution in [3.05, 3.63) is 17.5 Å². The van der Waals surface area contributed by atoms with Crippen LogP contribution in [0.15, 0.2) is 6.20 Å². The molecule has 1 aliphatic heterocycles. The van der Waals surface area contributed by atoms with Crippen molar-refractivity contribution in [2.75, 3.05) is 25.5 Å². The van der Waals surface area contributed by atoms with Crippen LogP contribution in [0.1, 0.15) is 42.2 Å². The van der Waals surface area contributed by atoms with Gasteiger partial charge < -0.3 is 10.2 Å². The van der Waals surface area contributed by atoms with Gasteiger partial charge in [0.15, 0.2) is 5.78 Å². The average Bonchev–Trinajstić information content (AvgIpc) is 2.75. The lowest BCUT2D eigenvalue weighted by atomic mass is 10.1. The molecule has 19 heavy (non-hydrogen) atoms. The minimum absolute atomic E-state index is 0.0108. The van der Waals surface area contributed by atoms with E-state index in [1.54, 1.807) is 6.20 Å². The zero-order valence-electron chi connectivity index (χ0n) is 11.9. The van der Waals surface area contributed by atoms with E-state index in [0.717, 1.165) is 18.7 Å². The van der Waals surface area contributed by atoms with Crippen molar-refractivity contribution < 1.29 is 4.79 Å². The number of Topliss-reactive ketones (excluding diaryl/α,β-unsaturated/α-hetero) is 1. The van der Waals surface area contributed by atoms with Crippen molar-refractivity contribution in [1.29, 1.82) is 0 Å². The Hall–Kier alpha value is -1.49. The first-order chi connectivity index (χ1) is 9.08. The van der Waals surface area contributed by atoms with Crippen LogP contribution in [-0.4, -0.2) is 46.8 Å². The number of carbonyl (C=O) groups is 1. The number of nitrogens with one attached hydrogen (secondary N) is 1. The van der Waals surface area contributed by atoms with Crippen LogP contribution < -0.4 is 5.32 Å². The summed E-state index contributed by atoms with van der Waals surface area (Å²) >= 11 is 0. The summed E-state index contributed by atoms with van der Waals surface area (Å²) in [5.74, 6) is 0.625. The van der Waals surface area contributed by atoms with E-state index in [4.69, 9.17) is 0 Å². The summed E-state index contributed by atoms with van der Waals surface area (Å²) in [6.07, 6.45) is 5.29. The van der Waals surface area contributed by atoms with E-state index in [0.29, 0.717) is 17.6 Å². The Bertz CT molecular complexity index is 461. The van der Waals surface area contributed by atoms with Crippen LogP contribution in [0.3, 0.4) is 0 Å². The van der Waals surface area contributed by atoms with Crippen molar-refractivity contribution in [1.82, 2.24) is 14.9 Å². The highest BCUT2D eigenvalue weighted by molar-refractivity contribution is 5.94. The number of carbonyl (C=O) groups excluding carboxylic acids is 1. The predicted octanol–water partition coefficient (Wildman–Crippen LogP) is 1.88. The van der Waals surface area contributed by atoms with Gasteiger partial charge in [0.25, 0.3) is 0 Å². The van der Waals surface area contributed by atoms with Gasteiger partial charge in [0.1, 0.15) is 0 Å². The third-order valence-corrected chi connectivity index (χ3v) is 3.79. The van der Waals surface area contributed by atoms with E-state index in [9.17, 15) is 4.79 Å². The number of hydrogen-bond acceptors (Lipinski definition) is 5. The molecule has 0 amide bonds. The van der Waals surface area contributed by atoms with Crippen molar-refractivity contribution in [2.24, 2.45) is 0 Å². The summed E-state index contributed by atoms with van der Waals surface area (Å²) < 4.78 is 0. The number of hydrogen-bond donors (Lipinski definition) is 1. The Balaban J connectivity index is 1.86. The molecule has 0 bridgehead atoms. The van der Waals surface area contributed by atoms with Gasteiger partial charge in [-0.1, -0.05) is 0 Å². The number of rotatable bonds is 5. The van der Waals surface area contributed by atoms with Gasteiger partial charge in [-0.25, -0.2) is 9.97 Å². The number of anilines is 1. The van der Waals surface area contributed by atoms with Gasteiger partial charge in [-0.3, -0.25) is 4.79 Å². The first-order valence-electron chi connectivity index (χ1n) is 6.86. The van der Waals surface area contributed by atoms with Crippen LogP contribution in [0.25, 0.3) is 0 Å². The zero-order valence-corrected chi connectivity index (χ0v) is 11.9. The number of aryl methyl sites for hydroxylation is 1. The first-order valence-corrected chi connectivity index (χ1v) is 6.86. The number of ketones is 1. The van der Waals surface area contributed by atoms with Gasteiger partial charge in [-0.05, 0) is 46.7 Å². The fourth-order valence-corrected chi connectivity index (χ4v) is 2.59. The fraction of sp³-hybridized carbons (Fsp3) is 0.643. The molecule has 1 unspecified atom stereocenters. The molecule has 0 spiro atoms. The zero-order chi connectivity index (χ0) is 13.8. The molecule has 1 aromatic heterocycles. The largest absolute Gasteiger partial charge is 0.354 e. The second kappa shape index (κ2) is 6.10. The van der Waals surface area contributed by atoms with Gasteiger partial charge in [0.05, 0.1) is 11.3 Å². The monoisotopic (exact) mass is 262 g/mol. The Morgan fingerprint density at radius 3 is 2.95 bits per heavy atom. The van der Waals surface area contributed by atoms with Crippen LogP contribution in [0.4, 0.5) is 5.95 Å². The fourth-order valence-electron chi connectivity index (χ4n) is 2.59. The molecule has 5 heteroatoms. The number of aromatic nitrogens is 2. The molecule has 0 saturated carbocycles. The van der Waals surface area contributed by atoms with Gasteiger partial charge >= 0.3 is 0 Å². The minimum atomic E-state index is 0.0108. The molecule has 2 heterocycles. The second-order valence-corrected chi connectivity index (χ2v) is 5.24. The standard InChI is InChI=1S/C14H22N4O/c1-10-13(11(2)19)9-16-14(17-10)15-7-6-12-5-4-8-18(12)3/h9,12H,4-8H2,1-3H3,(H,15,16,17). The van der Waals surface area contributed by atoms with Crippen LogP contribution in [0.2, 0.25) is 0 Å². The van der Waals surface area contributed by atoms with Gasteiger partial charge in [0, 0.05) is 18.8 Å². The molecule has 0 radical (unpaired) electrons. The van der Waals surface area contributed by atoms with Crippen molar-refractivity contribution in [3.63, 3.8) is 0 Å². The molecule has 1 saturated heterocycles. The Morgan fingerprint density at radius 2 is 2.37 bits per heavy atom. The first kappa shape index (κ1) is 13.9. The molecule has 1 aromatic rings. The summed E-state index contributed by atoms with van der Waals surface area (Å²) in [5, 5.41) is 3.24. The second-order valence-electron chi connectivity index (χ2n) is 5.24. The van der Waals surface area contributed by atoms with E-state index in [-0.39, 0.29) is 5.78 Å². The Labute approximate surface area is 114 Å². The molecular weight excluding hydrogens is 240 g/mol. The average molecular weight is 262 g/mol. The van der Waals surface area contributed by atoms with Gasteiger partial charge in [0.2, 0.25) is 5.95 Å². The quantitative estimate of drug-likeness (QED) is 0.821. The summed E-state index contributed by atoms with van der Waals surface area (Å²) in [6, 6.07) is 0.671. The Morgan fingerprint density at radius 1 is 1.58 bits per heavy atom. The molecule has 0 aliphatic carbocycles. The number of likely N-dealkylation sites (tertiary alicyclic amines) is 1. The van der Waals surface area contributed by atoms with Gasteiger partial charge in [-0.15, -0.1) is 0 Å². The summed E-state index contributed by atoms with van der Waals surface area (Å²) in [7, 11) is 2.18. The lowest BCUT2D eigenvalue weighted by Crippen LogP contribution is -2.27. The highest BCUT2D eigenvalue weighted by atomic mass is 16.1. The summed E-state index contributed by atoms with van der Waals surface area (Å²) in [5.41, 5.74) is 1.34. The maximum atomic E-state index is 11.3. The maximum absolute atomic E-state index is 11.3. The maximum Gasteiger partial charge on any atom is 0.222 e. The summed E-state index contributed by atoms with van der Waals surface area (Å²) in [6.45, 7) is 5.45. The van der Waals surface area contributed by atoms with Crippen LogP contribution in [-0.2, 0) is 0 Å². The molecule has 1 atom stereocenters. The van der Waals surface area contributed by atoms with Crippen LogP contribution >= 0.6 is 0 Å². The molecule has 1 fully saturated rings. The van der Waals surface area contributed by atoms with Crippen molar-refractivity contribution >= 4 is 11.7 Å². The van der Waals surface area contributed by atoms with E-state index >= 15 is 0 Å². The molecule has 0 aromatic carbocycles. The van der Waals surface area contributed by atoms with Crippen molar-refractivity contribution in [3.8, 4) is 0 Å². The molecule has 1 N–H and O–H groups in total. The molecule has 5 nitrogen and oxygen atoms in total. The third-order valence-electron chi connectivity index (χ3n) is 3.79. The molecule has 104 valence electrons. The van der Waals surface area contributed by atoms with E-state index < -0.39 is 0 Å². The van der Waals surface area contributed by atoms with Gasteiger partial charge in [-0.2, -0.15) is 0 Å². The minimum Gasteiger partial charge on any atom is -0.354 e. The Kier molecular flexibility index (Phi) is 4.47. The molecular formula is C14H22N4O. The number of nitrogens with zero attached hydrogens (tertiary/aromatic N) is 3. The highest BCUT2D eigenvalue weighted by Crippen LogP contribution is 2.17. The third kappa shape index (κ3) is 3.50. The van der Waals surface area contributed by atoms with Crippen LogP contribution in [0, 0.1) is 6.92 Å². The van der Waals surface area contributed by atoms with E-state index in [1.165, 1.54) is 26.3 Å².